The first-order valence-electron chi connectivity index (χ1n) is 7.55. The fraction of sp³-hybridized carbons (Fsp3) is 0.438. The van der Waals surface area contributed by atoms with E-state index >= 15 is 0 Å². The fourth-order valence-electron chi connectivity index (χ4n) is 1.89. The van der Waals surface area contributed by atoms with Crippen molar-refractivity contribution in [3.8, 4) is 11.5 Å². The summed E-state index contributed by atoms with van der Waals surface area (Å²) < 4.78 is 10.0. The molecule has 1 aromatic rings. The van der Waals surface area contributed by atoms with Crippen LogP contribution in [0.2, 0.25) is 0 Å². The minimum Gasteiger partial charge on any atom is -0.504 e. The largest absolute Gasteiger partial charge is 0.504 e. The maximum atomic E-state index is 11.6. The van der Waals surface area contributed by atoms with Gasteiger partial charge in [-0.15, -0.1) is 0 Å². The normalized spacial score (nSPS) is 11.2. The Bertz CT molecular complexity index is 531. The lowest BCUT2D eigenvalue weighted by Gasteiger charge is -2.06. The summed E-state index contributed by atoms with van der Waals surface area (Å²) in [6.07, 6.45) is 5.96. The van der Waals surface area contributed by atoms with Crippen molar-refractivity contribution in [1.29, 1.82) is 0 Å². The van der Waals surface area contributed by atoms with Crippen molar-refractivity contribution in [1.82, 2.24) is 5.39 Å². The zero-order chi connectivity index (χ0) is 17.8. The molecule has 0 bridgehead atoms. The molecule has 3 N–H and O–H groups in total. The Labute approximate surface area is 140 Å². The van der Waals surface area contributed by atoms with Crippen LogP contribution in [0.4, 0.5) is 0 Å². The summed E-state index contributed by atoms with van der Waals surface area (Å²) in [5, 5.41) is 25.8. The molecule has 8 nitrogen and oxygen atoms in total. The van der Waals surface area contributed by atoms with Gasteiger partial charge in [0, 0.05) is 6.08 Å². The van der Waals surface area contributed by atoms with Gasteiger partial charge in [0.25, 0.3) is 0 Å². The number of nitrogens with zero attached hydrogens (tertiary/aromatic N) is 1. The van der Waals surface area contributed by atoms with Crippen LogP contribution in [0.3, 0.4) is 0 Å². The number of methoxy groups -OCH3 is 1. The Balaban J connectivity index is 2.17. The molecule has 0 saturated carbocycles. The van der Waals surface area contributed by atoms with Crippen molar-refractivity contribution in [2.75, 3.05) is 20.3 Å². The van der Waals surface area contributed by atoms with Crippen LogP contribution in [0.1, 0.15) is 31.2 Å². The molecule has 0 aromatic heterocycles. The van der Waals surface area contributed by atoms with E-state index in [0.717, 1.165) is 12.8 Å². The minimum absolute atomic E-state index is 0.0355. The van der Waals surface area contributed by atoms with Gasteiger partial charge in [0.15, 0.2) is 11.5 Å². The highest BCUT2D eigenvalue weighted by Gasteiger charge is 2.02. The number of unbranched alkanes of at least 4 members (excludes halogenated alkanes) is 3. The quantitative estimate of drug-likeness (QED) is 0.244. The molecule has 0 amide bonds. The lowest BCUT2D eigenvalue weighted by Crippen LogP contribution is -2.14. The fourth-order valence-corrected chi connectivity index (χ4v) is 1.89. The molecule has 0 unspecified atom stereocenters. The Morgan fingerprint density at radius 2 is 1.88 bits per heavy atom. The number of phenolic OH excluding ortho intramolecular Hbond substituents is 1. The lowest BCUT2D eigenvalue weighted by molar-refractivity contribution is -0.492. The van der Waals surface area contributed by atoms with E-state index in [-0.39, 0.29) is 17.7 Å². The smallest absolute Gasteiger partial charge is 0.330 e. The number of hydrogen-bond donors (Lipinski definition) is 3. The van der Waals surface area contributed by atoms with Gasteiger partial charge >= 0.3 is 5.97 Å². The number of esters is 1. The second-order valence-electron chi connectivity index (χ2n) is 4.93. The van der Waals surface area contributed by atoms with Crippen LogP contribution < -0.4 is 4.74 Å². The van der Waals surface area contributed by atoms with Crippen molar-refractivity contribution in [3.63, 3.8) is 0 Å². The highest BCUT2D eigenvalue weighted by Crippen LogP contribution is 2.26. The second kappa shape index (κ2) is 11.4. The number of rotatable bonds is 11. The Morgan fingerprint density at radius 3 is 2.54 bits per heavy atom. The molecule has 0 aliphatic heterocycles. The van der Waals surface area contributed by atoms with Gasteiger partial charge < -0.3 is 14.6 Å². The van der Waals surface area contributed by atoms with E-state index in [2.05, 4.69) is 4.84 Å². The Kier molecular flexibility index (Phi) is 9.47. The standard InChI is InChI=1S/C16H23NO7/c1-22-15-12-13(6-8-14(15)18)7-9-16(19)23-10-4-2-3-5-11-24-17(20)21/h6-9,12,18,20-21H,2-5,10-11H2,1H3/b9-7+. The van der Waals surface area contributed by atoms with E-state index in [1.807, 2.05) is 0 Å². The van der Waals surface area contributed by atoms with Gasteiger partial charge in [-0.1, -0.05) is 12.5 Å². The van der Waals surface area contributed by atoms with Gasteiger partial charge in [-0.25, -0.2) is 4.79 Å². The summed E-state index contributed by atoms with van der Waals surface area (Å²) in [4.78, 5) is 16.0. The highest BCUT2D eigenvalue weighted by molar-refractivity contribution is 5.87. The molecule has 0 radical (unpaired) electrons. The van der Waals surface area contributed by atoms with Crippen LogP contribution in [-0.4, -0.2) is 47.2 Å². The Hall–Kier alpha value is -2.13. The van der Waals surface area contributed by atoms with Gasteiger partial charge in [0.05, 0.1) is 25.7 Å². The molecule has 0 aliphatic rings. The molecule has 0 heterocycles. The monoisotopic (exact) mass is 341 g/mol. The third-order valence-corrected chi connectivity index (χ3v) is 3.11. The summed E-state index contributed by atoms with van der Waals surface area (Å²) >= 11 is 0. The highest BCUT2D eigenvalue weighted by atomic mass is 17.1. The molecular formula is C16H23NO7. The molecule has 1 aromatic carbocycles. The van der Waals surface area contributed by atoms with Crippen molar-refractivity contribution in [2.24, 2.45) is 0 Å². The van der Waals surface area contributed by atoms with Gasteiger partial charge in [0.1, 0.15) is 0 Å². The molecule has 0 saturated heterocycles. The van der Waals surface area contributed by atoms with Crippen molar-refractivity contribution in [3.05, 3.63) is 29.8 Å². The summed E-state index contributed by atoms with van der Waals surface area (Å²) in [5.41, 5.74) is 0.711. The molecule has 24 heavy (non-hydrogen) atoms. The van der Waals surface area contributed by atoms with Crippen LogP contribution in [0, 0.1) is 0 Å². The first-order valence-corrected chi connectivity index (χ1v) is 7.55. The molecule has 8 heteroatoms. The molecule has 0 fully saturated rings. The van der Waals surface area contributed by atoms with E-state index in [9.17, 15) is 9.90 Å². The predicted octanol–water partition coefficient (Wildman–Crippen LogP) is 2.53. The van der Waals surface area contributed by atoms with Crippen molar-refractivity contribution < 1.29 is 34.6 Å². The first-order chi connectivity index (χ1) is 11.5. The van der Waals surface area contributed by atoms with Crippen LogP contribution in [0.25, 0.3) is 6.08 Å². The zero-order valence-corrected chi connectivity index (χ0v) is 13.6. The predicted molar refractivity (Wildman–Crippen MR) is 84.5 cm³/mol. The SMILES string of the molecule is COc1cc(/C=C/C(=O)OCCCCCCON(O)O)ccc1O. The average Bonchev–Trinajstić information content (AvgIpc) is 2.56. The van der Waals surface area contributed by atoms with E-state index in [1.54, 1.807) is 18.2 Å². The average molecular weight is 341 g/mol. The van der Waals surface area contributed by atoms with Gasteiger partial charge in [-0.3, -0.25) is 15.3 Å². The van der Waals surface area contributed by atoms with Crippen LogP contribution in [-0.2, 0) is 14.4 Å². The number of carbonyl (C=O) groups is 1. The zero-order valence-electron chi connectivity index (χ0n) is 13.6. The van der Waals surface area contributed by atoms with E-state index < -0.39 is 5.97 Å². The Morgan fingerprint density at radius 1 is 1.17 bits per heavy atom. The number of phenols is 1. The maximum Gasteiger partial charge on any atom is 0.330 e. The van der Waals surface area contributed by atoms with E-state index in [0.29, 0.717) is 30.8 Å². The third-order valence-electron chi connectivity index (χ3n) is 3.11. The molecule has 0 aliphatic carbocycles. The number of ether oxygens (including phenoxy) is 2. The first kappa shape index (κ1) is 19.9. The summed E-state index contributed by atoms with van der Waals surface area (Å²) in [7, 11) is 1.45. The number of aromatic hydroxyl groups is 1. The molecular weight excluding hydrogens is 318 g/mol. The molecule has 134 valence electrons. The van der Waals surface area contributed by atoms with Crippen LogP contribution >= 0.6 is 0 Å². The molecule has 1 rings (SSSR count). The van der Waals surface area contributed by atoms with Crippen LogP contribution in [0.5, 0.6) is 11.5 Å². The number of hydrogen-bond acceptors (Lipinski definition) is 8. The maximum absolute atomic E-state index is 11.6. The molecule has 0 atom stereocenters. The topological polar surface area (TPSA) is 109 Å². The van der Waals surface area contributed by atoms with Gasteiger partial charge in [-0.05, 0) is 43.0 Å². The number of carbonyl (C=O) groups excluding carboxylic acids is 1. The second-order valence-corrected chi connectivity index (χ2v) is 4.93. The van der Waals surface area contributed by atoms with Gasteiger partial charge in [0.2, 0.25) is 0 Å². The lowest BCUT2D eigenvalue weighted by atomic mass is 10.2. The van der Waals surface area contributed by atoms with E-state index in [1.165, 1.54) is 19.3 Å². The number of benzene rings is 1. The summed E-state index contributed by atoms with van der Waals surface area (Å²) in [5.74, 6) is -0.0742. The van der Waals surface area contributed by atoms with E-state index in [4.69, 9.17) is 19.9 Å². The summed E-state index contributed by atoms with van der Waals surface area (Å²) in [6, 6.07) is 4.75. The van der Waals surface area contributed by atoms with Gasteiger partial charge in [-0.2, -0.15) is 0 Å². The third kappa shape index (κ3) is 8.49. The van der Waals surface area contributed by atoms with Crippen LogP contribution in [0.15, 0.2) is 24.3 Å². The van der Waals surface area contributed by atoms with Crippen molar-refractivity contribution >= 4 is 12.0 Å². The summed E-state index contributed by atoms with van der Waals surface area (Å²) in [6.45, 7) is 0.528. The molecule has 0 spiro atoms. The minimum atomic E-state index is -0.443. The van der Waals surface area contributed by atoms with Crippen molar-refractivity contribution in [2.45, 2.75) is 25.7 Å².